The minimum absolute atomic E-state index is 0.00725. The van der Waals surface area contributed by atoms with E-state index in [2.05, 4.69) is 0 Å². The van der Waals surface area contributed by atoms with E-state index in [1.165, 1.54) is 9.87 Å². The Morgan fingerprint density at radius 1 is 1.00 bits per heavy atom. The molecule has 1 aliphatic heterocycles. The van der Waals surface area contributed by atoms with Gasteiger partial charge in [0.1, 0.15) is 5.75 Å². The first kappa shape index (κ1) is 19.9. The van der Waals surface area contributed by atoms with Gasteiger partial charge in [0.25, 0.3) is 0 Å². The zero-order chi connectivity index (χ0) is 20.4. The Morgan fingerprint density at radius 2 is 1.76 bits per heavy atom. The molecule has 0 bridgehead atoms. The van der Waals surface area contributed by atoms with Crippen molar-refractivity contribution in [2.75, 3.05) is 33.3 Å². The van der Waals surface area contributed by atoms with E-state index < -0.39 is 10.0 Å². The molecule has 6 nitrogen and oxygen atoms in total. The van der Waals surface area contributed by atoms with Crippen LogP contribution in [0.2, 0.25) is 0 Å². The number of aryl methyl sites for hydroxylation is 2. The minimum atomic E-state index is -3.52. The van der Waals surface area contributed by atoms with Crippen molar-refractivity contribution >= 4 is 15.9 Å². The van der Waals surface area contributed by atoms with Gasteiger partial charge in [-0.05, 0) is 60.2 Å². The van der Waals surface area contributed by atoms with Crippen molar-refractivity contribution in [3.63, 3.8) is 0 Å². The summed E-state index contributed by atoms with van der Waals surface area (Å²) in [6.45, 7) is 1.46. The number of methoxy groups -OCH3 is 1. The second-order valence-corrected chi connectivity index (χ2v) is 9.54. The Balaban J connectivity index is 1.39. The summed E-state index contributed by atoms with van der Waals surface area (Å²) in [5, 5.41) is 0. The summed E-state index contributed by atoms with van der Waals surface area (Å²) >= 11 is 0. The Labute approximate surface area is 172 Å². The molecule has 0 unspecified atom stereocenters. The summed E-state index contributed by atoms with van der Waals surface area (Å²) in [6.07, 6.45) is 3.36. The molecule has 29 heavy (non-hydrogen) atoms. The van der Waals surface area contributed by atoms with Crippen LogP contribution in [0.5, 0.6) is 5.75 Å². The topological polar surface area (TPSA) is 66.9 Å². The van der Waals surface area contributed by atoms with Crippen LogP contribution in [0.3, 0.4) is 0 Å². The number of sulfonamides is 1. The molecule has 1 amide bonds. The van der Waals surface area contributed by atoms with Gasteiger partial charge >= 0.3 is 0 Å². The third-order valence-electron chi connectivity index (χ3n) is 5.79. The highest BCUT2D eigenvalue weighted by Gasteiger charge is 2.30. The first-order chi connectivity index (χ1) is 14.0. The zero-order valence-corrected chi connectivity index (χ0v) is 17.5. The lowest BCUT2D eigenvalue weighted by Crippen LogP contribution is -2.50. The lowest BCUT2D eigenvalue weighted by atomic mass is 10.1. The third kappa shape index (κ3) is 4.16. The molecule has 0 spiro atoms. The van der Waals surface area contributed by atoms with E-state index >= 15 is 0 Å². The standard InChI is InChI=1S/C22H26N2O4S/c1-28-20-7-2-4-17(14-20)15-22(25)23-10-12-24(13-11-23)29(26,27)21-9-8-18-5-3-6-19(18)16-21/h2,4,7-9,14,16H,3,5-6,10-13,15H2,1H3. The second kappa shape index (κ2) is 8.16. The van der Waals surface area contributed by atoms with Gasteiger partial charge in [-0.25, -0.2) is 8.42 Å². The van der Waals surface area contributed by atoms with Crippen LogP contribution >= 0.6 is 0 Å². The van der Waals surface area contributed by atoms with Crippen molar-refractivity contribution in [1.82, 2.24) is 9.21 Å². The van der Waals surface area contributed by atoms with Gasteiger partial charge in [0.2, 0.25) is 15.9 Å². The summed E-state index contributed by atoms with van der Waals surface area (Å²) in [7, 11) is -1.92. The quantitative estimate of drug-likeness (QED) is 0.753. The molecule has 2 aliphatic rings. The maximum atomic E-state index is 13.0. The smallest absolute Gasteiger partial charge is 0.243 e. The van der Waals surface area contributed by atoms with Gasteiger partial charge in [-0.15, -0.1) is 0 Å². The number of ether oxygens (including phenoxy) is 1. The molecule has 1 heterocycles. The lowest BCUT2D eigenvalue weighted by Gasteiger charge is -2.34. The highest BCUT2D eigenvalue weighted by molar-refractivity contribution is 7.89. The fraction of sp³-hybridized carbons (Fsp3) is 0.409. The van der Waals surface area contributed by atoms with Gasteiger partial charge < -0.3 is 9.64 Å². The average molecular weight is 415 g/mol. The number of nitrogens with zero attached hydrogens (tertiary/aromatic N) is 2. The van der Waals surface area contributed by atoms with Crippen LogP contribution in [0, 0.1) is 0 Å². The number of carbonyl (C=O) groups is 1. The monoisotopic (exact) mass is 414 g/mol. The predicted molar refractivity (Wildman–Crippen MR) is 111 cm³/mol. The maximum Gasteiger partial charge on any atom is 0.243 e. The number of rotatable bonds is 5. The SMILES string of the molecule is COc1cccc(CC(=O)N2CCN(S(=O)(=O)c3ccc4c(c3)CCC4)CC2)c1. The van der Waals surface area contributed by atoms with E-state index in [0.717, 1.165) is 36.1 Å². The summed E-state index contributed by atoms with van der Waals surface area (Å²) in [4.78, 5) is 14.8. The molecule has 154 valence electrons. The molecule has 2 aromatic carbocycles. The number of benzene rings is 2. The van der Waals surface area contributed by atoms with Crippen LogP contribution in [-0.4, -0.2) is 56.8 Å². The van der Waals surface area contributed by atoms with Gasteiger partial charge in [-0.1, -0.05) is 18.2 Å². The normalized spacial score (nSPS) is 17.2. The summed E-state index contributed by atoms with van der Waals surface area (Å²) in [6, 6.07) is 13.0. The molecule has 0 saturated carbocycles. The molecule has 0 atom stereocenters. The van der Waals surface area contributed by atoms with E-state index in [4.69, 9.17) is 4.74 Å². The van der Waals surface area contributed by atoms with E-state index in [-0.39, 0.29) is 12.3 Å². The first-order valence-corrected chi connectivity index (χ1v) is 11.4. The molecule has 1 aliphatic carbocycles. The molecule has 7 heteroatoms. The molecule has 4 rings (SSSR count). The highest BCUT2D eigenvalue weighted by atomic mass is 32.2. The largest absolute Gasteiger partial charge is 0.497 e. The molecular formula is C22H26N2O4S. The van der Waals surface area contributed by atoms with Crippen LogP contribution < -0.4 is 4.74 Å². The highest BCUT2D eigenvalue weighted by Crippen LogP contribution is 2.27. The third-order valence-corrected chi connectivity index (χ3v) is 7.68. The minimum Gasteiger partial charge on any atom is -0.497 e. The molecular weight excluding hydrogens is 388 g/mol. The average Bonchev–Trinajstić information content (AvgIpc) is 3.22. The van der Waals surface area contributed by atoms with Crippen molar-refractivity contribution in [2.24, 2.45) is 0 Å². The van der Waals surface area contributed by atoms with Crippen LogP contribution in [0.1, 0.15) is 23.1 Å². The molecule has 0 N–H and O–H groups in total. The number of hydrogen-bond donors (Lipinski definition) is 0. The van der Waals surface area contributed by atoms with Crippen LogP contribution in [-0.2, 0) is 34.1 Å². The van der Waals surface area contributed by atoms with Gasteiger partial charge in [0.15, 0.2) is 0 Å². The first-order valence-electron chi connectivity index (χ1n) is 10.00. The lowest BCUT2D eigenvalue weighted by molar-refractivity contribution is -0.131. The van der Waals surface area contributed by atoms with Crippen molar-refractivity contribution < 1.29 is 17.9 Å². The number of carbonyl (C=O) groups excluding carboxylic acids is 1. The van der Waals surface area contributed by atoms with Crippen molar-refractivity contribution in [1.29, 1.82) is 0 Å². The molecule has 1 saturated heterocycles. The Bertz CT molecular complexity index is 1010. The van der Waals surface area contributed by atoms with E-state index in [9.17, 15) is 13.2 Å². The summed E-state index contributed by atoms with van der Waals surface area (Å²) in [5.74, 6) is 0.730. The fourth-order valence-corrected chi connectivity index (χ4v) is 5.58. The number of amides is 1. The Morgan fingerprint density at radius 3 is 2.52 bits per heavy atom. The molecule has 0 aromatic heterocycles. The van der Waals surface area contributed by atoms with Gasteiger partial charge in [-0.2, -0.15) is 4.31 Å². The fourth-order valence-electron chi connectivity index (χ4n) is 4.10. The van der Waals surface area contributed by atoms with Crippen LogP contribution in [0.4, 0.5) is 0 Å². The summed E-state index contributed by atoms with van der Waals surface area (Å²) in [5.41, 5.74) is 3.30. The molecule has 1 fully saturated rings. The predicted octanol–water partition coefficient (Wildman–Crippen LogP) is 2.26. The number of hydrogen-bond acceptors (Lipinski definition) is 4. The Hall–Kier alpha value is -2.38. The van der Waals surface area contributed by atoms with Crippen molar-refractivity contribution in [3.8, 4) is 5.75 Å². The van der Waals surface area contributed by atoms with Gasteiger partial charge in [0.05, 0.1) is 18.4 Å². The van der Waals surface area contributed by atoms with Crippen molar-refractivity contribution in [3.05, 3.63) is 59.2 Å². The molecule has 2 aromatic rings. The van der Waals surface area contributed by atoms with Crippen LogP contribution in [0.15, 0.2) is 47.4 Å². The zero-order valence-electron chi connectivity index (χ0n) is 16.6. The van der Waals surface area contributed by atoms with E-state index in [0.29, 0.717) is 31.1 Å². The van der Waals surface area contributed by atoms with Crippen molar-refractivity contribution in [2.45, 2.75) is 30.6 Å². The number of fused-ring (bicyclic) bond motifs is 1. The number of piperazine rings is 1. The second-order valence-electron chi connectivity index (χ2n) is 7.60. The van der Waals surface area contributed by atoms with Gasteiger partial charge in [-0.3, -0.25) is 4.79 Å². The van der Waals surface area contributed by atoms with Gasteiger partial charge in [0, 0.05) is 26.2 Å². The van der Waals surface area contributed by atoms with E-state index in [1.807, 2.05) is 36.4 Å². The summed E-state index contributed by atoms with van der Waals surface area (Å²) < 4.78 is 32.8. The van der Waals surface area contributed by atoms with Crippen LogP contribution in [0.25, 0.3) is 0 Å². The maximum absolute atomic E-state index is 13.0. The van der Waals surface area contributed by atoms with E-state index in [1.54, 1.807) is 18.1 Å². The molecule has 0 radical (unpaired) electrons. The Kier molecular flexibility index (Phi) is 5.61.